The standard InChI is InChI=1S/C15H23BrN2O2S/c1-4-18(5-2)12-13(3)17-21(19,20)11-10-14-6-8-15(16)9-7-14/h6-11,13,17H,4-5,12H2,1-3H3. The molecule has 118 valence electrons. The van der Waals surface area contributed by atoms with E-state index >= 15 is 0 Å². The van der Waals surface area contributed by atoms with Gasteiger partial charge in [0, 0.05) is 22.5 Å². The van der Waals surface area contributed by atoms with E-state index in [1.54, 1.807) is 6.08 Å². The molecule has 0 aromatic heterocycles. The third kappa shape index (κ3) is 7.22. The average molecular weight is 375 g/mol. The van der Waals surface area contributed by atoms with Crippen LogP contribution in [0.15, 0.2) is 34.1 Å². The van der Waals surface area contributed by atoms with Crippen LogP contribution >= 0.6 is 15.9 Å². The molecule has 0 saturated heterocycles. The van der Waals surface area contributed by atoms with Crippen LogP contribution in [0, 0.1) is 0 Å². The number of hydrogen-bond acceptors (Lipinski definition) is 3. The highest BCUT2D eigenvalue weighted by Crippen LogP contribution is 2.12. The van der Waals surface area contributed by atoms with Crippen LogP contribution < -0.4 is 4.72 Å². The quantitative estimate of drug-likeness (QED) is 0.760. The summed E-state index contributed by atoms with van der Waals surface area (Å²) in [6, 6.07) is 7.35. The van der Waals surface area contributed by atoms with Gasteiger partial charge < -0.3 is 4.90 Å². The number of nitrogens with one attached hydrogen (secondary N) is 1. The topological polar surface area (TPSA) is 49.4 Å². The normalized spacial score (nSPS) is 14.0. The Morgan fingerprint density at radius 3 is 2.33 bits per heavy atom. The zero-order chi connectivity index (χ0) is 15.9. The van der Waals surface area contributed by atoms with Gasteiger partial charge in [-0.2, -0.15) is 0 Å². The molecule has 0 spiro atoms. The molecule has 1 atom stereocenters. The Morgan fingerprint density at radius 2 is 1.81 bits per heavy atom. The van der Waals surface area contributed by atoms with E-state index in [-0.39, 0.29) is 6.04 Å². The van der Waals surface area contributed by atoms with Gasteiger partial charge in [0.15, 0.2) is 0 Å². The molecule has 0 heterocycles. The molecule has 0 radical (unpaired) electrons. The maximum Gasteiger partial charge on any atom is 0.234 e. The van der Waals surface area contributed by atoms with Crippen molar-refractivity contribution in [1.82, 2.24) is 9.62 Å². The molecule has 1 aromatic rings. The van der Waals surface area contributed by atoms with Gasteiger partial charge in [-0.05, 0) is 43.8 Å². The van der Waals surface area contributed by atoms with Gasteiger partial charge in [-0.3, -0.25) is 0 Å². The molecular weight excluding hydrogens is 352 g/mol. The summed E-state index contributed by atoms with van der Waals surface area (Å²) in [4.78, 5) is 2.19. The lowest BCUT2D eigenvalue weighted by atomic mass is 10.2. The third-order valence-corrected chi connectivity index (χ3v) is 4.86. The second kappa shape index (κ2) is 8.68. The molecule has 0 aliphatic rings. The molecule has 0 aliphatic carbocycles. The lowest BCUT2D eigenvalue weighted by Gasteiger charge is -2.22. The highest BCUT2D eigenvalue weighted by atomic mass is 79.9. The molecule has 4 nitrogen and oxygen atoms in total. The highest BCUT2D eigenvalue weighted by Gasteiger charge is 2.13. The minimum absolute atomic E-state index is 0.121. The minimum atomic E-state index is -3.42. The van der Waals surface area contributed by atoms with Crippen LogP contribution in [0.5, 0.6) is 0 Å². The summed E-state index contributed by atoms with van der Waals surface area (Å²) in [5.74, 6) is 0. The lowest BCUT2D eigenvalue weighted by molar-refractivity contribution is 0.282. The van der Waals surface area contributed by atoms with Crippen LogP contribution in [0.4, 0.5) is 0 Å². The van der Waals surface area contributed by atoms with Gasteiger partial charge in [-0.15, -0.1) is 0 Å². The Morgan fingerprint density at radius 1 is 1.24 bits per heavy atom. The van der Waals surface area contributed by atoms with Gasteiger partial charge in [-0.25, -0.2) is 13.1 Å². The molecule has 1 aromatic carbocycles. The number of hydrogen-bond donors (Lipinski definition) is 1. The van der Waals surface area contributed by atoms with Crippen molar-refractivity contribution < 1.29 is 8.42 Å². The molecule has 0 amide bonds. The predicted molar refractivity (Wildman–Crippen MR) is 92.5 cm³/mol. The maximum absolute atomic E-state index is 12.0. The Bertz CT molecular complexity index is 552. The van der Waals surface area contributed by atoms with E-state index in [0.29, 0.717) is 6.54 Å². The first kappa shape index (κ1) is 18.4. The van der Waals surface area contributed by atoms with Crippen LogP contribution in [0.25, 0.3) is 6.08 Å². The van der Waals surface area contributed by atoms with Gasteiger partial charge >= 0.3 is 0 Å². The first-order valence-electron chi connectivity index (χ1n) is 7.04. The van der Waals surface area contributed by atoms with E-state index in [1.807, 2.05) is 31.2 Å². The SMILES string of the molecule is CCN(CC)CC(C)NS(=O)(=O)C=Cc1ccc(Br)cc1. The molecule has 21 heavy (non-hydrogen) atoms. The van der Waals surface area contributed by atoms with E-state index in [1.165, 1.54) is 5.41 Å². The smallest absolute Gasteiger partial charge is 0.234 e. The number of benzene rings is 1. The molecule has 0 saturated carbocycles. The molecule has 1 rings (SSSR count). The van der Waals surface area contributed by atoms with Gasteiger partial charge in [0.05, 0.1) is 0 Å². The van der Waals surface area contributed by atoms with E-state index < -0.39 is 10.0 Å². The Hall–Kier alpha value is -0.690. The molecule has 0 aliphatic heterocycles. The summed E-state index contributed by atoms with van der Waals surface area (Å²) in [7, 11) is -3.42. The van der Waals surface area contributed by atoms with Crippen molar-refractivity contribution in [2.45, 2.75) is 26.8 Å². The fourth-order valence-corrected chi connectivity index (χ4v) is 3.28. The Labute approximate surface area is 136 Å². The fourth-order valence-electron chi connectivity index (χ4n) is 1.97. The van der Waals surface area contributed by atoms with E-state index in [4.69, 9.17) is 0 Å². The molecule has 0 fully saturated rings. The monoisotopic (exact) mass is 374 g/mol. The maximum atomic E-state index is 12.0. The van der Waals surface area contributed by atoms with E-state index in [9.17, 15) is 8.42 Å². The van der Waals surface area contributed by atoms with Crippen molar-refractivity contribution in [3.8, 4) is 0 Å². The van der Waals surface area contributed by atoms with Gasteiger partial charge in [-0.1, -0.05) is 41.9 Å². The summed E-state index contributed by atoms with van der Waals surface area (Å²) in [5, 5.41) is 1.22. The third-order valence-electron chi connectivity index (χ3n) is 3.10. The number of sulfonamides is 1. The summed E-state index contributed by atoms with van der Waals surface area (Å²) < 4.78 is 27.7. The molecule has 0 bridgehead atoms. The lowest BCUT2D eigenvalue weighted by Crippen LogP contribution is -2.41. The summed E-state index contributed by atoms with van der Waals surface area (Å²) in [5.41, 5.74) is 0.847. The number of rotatable bonds is 8. The predicted octanol–water partition coefficient (Wildman–Crippen LogP) is 3.07. The minimum Gasteiger partial charge on any atom is -0.302 e. The van der Waals surface area contributed by atoms with Crippen molar-refractivity contribution in [3.63, 3.8) is 0 Å². The van der Waals surface area contributed by atoms with Gasteiger partial charge in [0.2, 0.25) is 10.0 Å². The van der Waals surface area contributed by atoms with Crippen molar-refractivity contribution in [2.24, 2.45) is 0 Å². The van der Waals surface area contributed by atoms with E-state index in [0.717, 1.165) is 23.1 Å². The average Bonchev–Trinajstić information content (AvgIpc) is 2.43. The first-order chi connectivity index (χ1) is 9.86. The largest absolute Gasteiger partial charge is 0.302 e. The van der Waals surface area contributed by atoms with Crippen LogP contribution in [0.2, 0.25) is 0 Å². The second-order valence-corrected chi connectivity index (χ2v) is 7.42. The van der Waals surface area contributed by atoms with Crippen LogP contribution in [-0.4, -0.2) is 39.0 Å². The molecule has 1 N–H and O–H groups in total. The van der Waals surface area contributed by atoms with Crippen LogP contribution in [0.1, 0.15) is 26.3 Å². The Balaban J connectivity index is 2.62. The van der Waals surface area contributed by atoms with Crippen molar-refractivity contribution >= 4 is 32.0 Å². The first-order valence-corrected chi connectivity index (χ1v) is 9.38. The Kier molecular flexibility index (Phi) is 7.59. The van der Waals surface area contributed by atoms with Gasteiger partial charge in [0.1, 0.15) is 0 Å². The van der Waals surface area contributed by atoms with Crippen molar-refractivity contribution in [3.05, 3.63) is 39.7 Å². The molecular formula is C15H23BrN2O2S. The highest BCUT2D eigenvalue weighted by molar-refractivity contribution is 9.10. The molecule has 6 heteroatoms. The second-order valence-electron chi connectivity index (χ2n) is 4.90. The zero-order valence-corrected chi connectivity index (χ0v) is 15.1. The number of nitrogens with zero attached hydrogens (tertiary/aromatic N) is 1. The van der Waals surface area contributed by atoms with Crippen LogP contribution in [0.3, 0.4) is 0 Å². The van der Waals surface area contributed by atoms with Crippen LogP contribution in [-0.2, 0) is 10.0 Å². The summed E-state index contributed by atoms with van der Waals surface area (Å²) in [6.45, 7) is 8.55. The zero-order valence-electron chi connectivity index (χ0n) is 12.7. The number of likely N-dealkylation sites (N-methyl/N-ethyl adjacent to an activating group) is 1. The number of halogens is 1. The summed E-state index contributed by atoms with van der Waals surface area (Å²) >= 11 is 3.35. The summed E-state index contributed by atoms with van der Waals surface area (Å²) in [6.07, 6.45) is 1.60. The van der Waals surface area contributed by atoms with Crippen molar-refractivity contribution in [1.29, 1.82) is 0 Å². The fraction of sp³-hybridized carbons (Fsp3) is 0.467. The van der Waals surface area contributed by atoms with E-state index in [2.05, 4.69) is 39.4 Å². The van der Waals surface area contributed by atoms with Crippen molar-refractivity contribution in [2.75, 3.05) is 19.6 Å². The van der Waals surface area contributed by atoms with Gasteiger partial charge in [0.25, 0.3) is 0 Å². The molecule has 1 unspecified atom stereocenters.